The molecule has 0 aliphatic heterocycles. The third-order valence-corrected chi connectivity index (χ3v) is 2.89. The molecule has 0 aliphatic carbocycles. The van der Waals surface area contributed by atoms with E-state index in [0.717, 1.165) is 10.00 Å². The van der Waals surface area contributed by atoms with Crippen LogP contribution >= 0.6 is 0 Å². The van der Waals surface area contributed by atoms with Crippen molar-refractivity contribution in [1.29, 1.82) is 0 Å². The summed E-state index contributed by atoms with van der Waals surface area (Å²) >= 11 is 0. The van der Waals surface area contributed by atoms with E-state index in [-0.39, 0.29) is 0 Å². The molecule has 0 fully saturated rings. The normalized spacial score (nSPS) is 11.9. The number of aromatic nitrogens is 1. The summed E-state index contributed by atoms with van der Waals surface area (Å²) in [6, 6.07) is 5.52. The SMILES string of the molecule is CN(CCc1ccccn1)S(N)(=O)=O. The highest BCUT2D eigenvalue weighted by Crippen LogP contribution is 1.97. The third-order valence-electron chi connectivity index (χ3n) is 1.84. The van der Waals surface area contributed by atoms with Crippen LogP contribution in [-0.4, -0.2) is 31.3 Å². The summed E-state index contributed by atoms with van der Waals surface area (Å²) in [7, 11) is -2.12. The van der Waals surface area contributed by atoms with Gasteiger partial charge in [0.1, 0.15) is 0 Å². The first-order valence-corrected chi connectivity index (χ1v) is 5.64. The number of hydrogen-bond acceptors (Lipinski definition) is 3. The largest absolute Gasteiger partial charge is 0.276 e. The predicted molar refractivity (Wildman–Crippen MR) is 53.7 cm³/mol. The van der Waals surface area contributed by atoms with Gasteiger partial charge in [-0.15, -0.1) is 0 Å². The highest BCUT2D eigenvalue weighted by atomic mass is 32.2. The molecule has 0 saturated heterocycles. The molecule has 0 radical (unpaired) electrons. The average Bonchev–Trinajstić information content (AvgIpc) is 2.14. The van der Waals surface area contributed by atoms with Crippen LogP contribution in [0.5, 0.6) is 0 Å². The van der Waals surface area contributed by atoms with Crippen molar-refractivity contribution in [3.05, 3.63) is 30.1 Å². The Balaban J connectivity index is 2.50. The Kier molecular flexibility index (Phi) is 3.56. The molecule has 0 atom stereocenters. The molecular formula is C8H13N3O2S. The van der Waals surface area contributed by atoms with Gasteiger partial charge in [-0.25, -0.2) is 5.14 Å². The van der Waals surface area contributed by atoms with Crippen molar-refractivity contribution in [3.63, 3.8) is 0 Å². The number of rotatable bonds is 4. The van der Waals surface area contributed by atoms with Gasteiger partial charge in [-0.05, 0) is 12.1 Å². The summed E-state index contributed by atoms with van der Waals surface area (Å²) in [6.07, 6.45) is 2.24. The summed E-state index contributed by atoms with van der Waals surface area (Å²) in [4.78, 5) is 4.07. The molecule has 2 N–H and O–H groups in total. The van der Waals surface area contributed by atoms with Crippen molar-refractivity contribution in [3.8, 4) is 0 Å². The minimum atomic E-state index is -3.57. The van der Waals surface area contributed by atoms with Crippen LogP contribution in [0.3, 0.4) is 0 Å². The summed E-state index contributed by atoms with van der Waals surface area (Å²) in [5.41, 5.74) is 0.850. The first kappa shape index (κ1) is 11.1. The van der Waals surface area contributed by atoms with Crippen LogP contribution in [-0.2, 0) is 16.6 Å². The Morgan fingerprint density at radius 3 is 2.71 bits per heavy atom. The van der Waals surface area contributed by atoms with Crippen molar-refractivity contribution in [2.24, 2.45) is 5.14 Å². The molecule has 1 aromatic rings. The maximum absolute atomic E-state index is 10.8. The molecule has 0 aliphatic rings. The van der Waals surface area contributed by atoms with E-state index in [1.807, 2.05) is 18.2 Å². The molecule has 0 saturated carbocycles. The number of nitrogens with two attached hydrogens (primary N) is 1. The molecule has 0 unspecified atom stereocenters. The van der Waals surface area contributed by atoms with Crippen molar-refractivity contribution in [2.75, 3.05) is 13.6 Å². The Hall–Kier alpha value is -0.980. The lowest BCUT2D eigenvalue weighted by Gasteiger charge is -2.12. The van der Waals surface area contributed by atoms with Crippen molar-refractivity contribution in [2.45, 2.75) is 6.42 Å². The summed E-state index contributed by atoms with van der Waals surface area (Å²) < 4.78 is 22.8. The number of pyridine rings is 1. The Bertz CT molecular complexity index is 377. The van der Waals surface area contributed by atoms with Crippen LogP contribution in [0.1, 0.15) is 5.69 Å². The van der Waals surface area contributed by atoms with Gasteiger partial charge in [-0.3, -0.25) is 4.98 Å². The van der Waals surface area contributed by atoms with Crippen LogP contribution in [0.2, 0.25) is 0 Å². The topological polar surface area (TPSA) is 76.3 Å². The lowest BCUT2D eigenvalue weighted by atomic mass is 10.3. The Labute approximate surface area is 83.7 Å². The van der Waals surface area contributed by atoms with Crippen molar-refractivity contribution < 1.29 is 8.42 Å². The van der Waals surface area contributed by atoms with E-state index in [4.69, 9.17) is 5.14 Å². The van der Waals surface area contributed by atoms with Gasteiger partial charge in [-0.2, -0.15) is 12.7 Å². The van der Waals surface area contributed by atoms with Crippen LogP contribution in [0.25, 0.3) is 0 Å². The monoisotopic (exact) mass is 215 g/mol. The predicted octanol–water partition coefficient (Wildman–Crippen LogP) is -0.241. The molecule has 1 heterocycles. The average molecular weight is 215 g/mol. The lowest BCUT2D eigenvalue weighted by molar-refractivity contribution is 0.472. The van der Waals surface area contributed by atoms with Crippen LogP contribution in [0.4, 0.5) is 0 Å². The number of nitrogens with zero attached hydrogens (tertiary/aromatic N) is 2. The fourth-order valence-corrected chi connectivity index (χ4v) is 1.29. The Morgan fingerprint density at radius 1 is 1.50 bits per heavy atom. The van der Waals surface area contributed by atoms with E-state index in [1.54, 1.807) is 6.20 Å². The zero-order valence-corrected chi connectivity index (χ0v) is 8.74. The molecule has 5 nitrogen and oxygen atoms in total. The molecule has 78 valence electrons. The van der Waals surface area contributed by atoms with Crippen LogP contribution in [0, 0.1) is 0 Å². The standard InChI is InChI=1S/C8H13N3O2S/c1-11(14(9,12)13)7-5-8-4-2-3-6-10-8/h2-4,6H,5,7H2,1H3,(H2,9,12,13). The van der Waals surface area contributed by atoms with E-state index < -0.39 is 10.2 Å². The minimum absolute atomic E-state index is 0.343. The summed E-state index contributed by atoms with van der Waals surface area (Å²) in [6.45, 7) is 0.343. The summed E-state index contributed by atoms with van der Waals surface area (Å²) in [5.74, 6) is 0. The van der Waals surface area contributed by atoms with E-state index in [2.05, 4.69) is 4.98 Å². The molecule has 0 spiro atoms. The van der Waals surface area contributed by atoms with Gasteiger partial charge >= 0.3 is 0 Å². The van der Waals surface area contributed by atoms with E-state index in [1.165, 1.54) is 7.05 Å². The van der Waals surface area contributed by atoms with Crippen LogP contribution in [0.15, 0.2) is 24.4 Å². The van der Waals surface area contributed by atoms with Gasteiger partial charge in [0.05, 0.1) is 0 Å². The minimum Gasteiger partial charge on any atom is -0.261 e. The number of likely N-dealkylation sites (N-methyl/N-ethyl adjacent to an activating group) is 1. The van der Waals surface area contributed by atoms with Crippen LogP contribution < -0.4 is 5.14 Å². The quantitative estimate of drug-likeness (QED) is 0.753. The zero-order chi connectivity index (χ0) is 10.6. The Morgan fingerprint density at radius 2 is 2.21 bits per heavy atom. The van der Waals surface area contributed by atoms with Gasteiger partial charge in [0.2, 0.25) is 0 Å². The fourth-order valence-electron chi connectivity index (χ4n) is 0.945. The maximum Gasteiger partial charge on any atom is 0.276 e. The van der Waals surface area contributed by atoms with Crippen molar-refractivity contribution >= 4 is 10.2 Å². The molecule has 1 rings (SSSR count). The number of hydrogen-bond donors (Lipinski definition) is 1. The molecule has 1 aromatic heterocycles. The highest BCUT2D eigenvalue weighted by molar-refractivity contribution is 7.86. The molecule has 6 heteroatoms. The molecule has 0 amide bonds. The van der Waals surface area contributed by atoms with Gasteiger partial charge in [-0.1, -0.05) is 6.07 Å². The molecular weight excluding hydrogens is 202 g/mol. The van der Waals surface area contributed by atoms with E-state index in [9.17, 15) is 8.42 Å². The first-order chi connectivity index (χ1) is 6.50. The second kappa shape index (κ2) is 4.50. The van der Waals surface area contributed by atoms with Gasteiger partial charge in [0.15, 0.2) is 0 Å². The second-order valence-corrected chi connectivity index (χ2v) is 4.59. The lowest BCUT2D eigenvalue weighted by Crippen LogP contribution is -2.34. The van der Waals surface area contributed by atoms with E-state index >= 15 is 0 Å². The fraction of sp³-hybridized carbons (Fsp3) is 0.375. The molecule has 14 heavy (non-hydrogen) atoms. The van der Waals surface area contributed by atoms with Gasteiger partial charge in [0.25, 0.3) is 10.2 Å². The second-order valence-electron chi connectivity index (χ2n) is 2.94. The highest BCUT2D eigenvalue weighted by Gasteiger charge is 2.10. The third kappa shape index (κ3) is 3.41. The molecule has 0 bridgehead atoms. The van der Waals surface area contributed by atoms with Gasteiger partial charge in [0, 0.05) is 31.9 Å². The van der Waals surface area contributed by atoms with E-state index in [0.29, 0.717) is 13.0 Å². The smallest absolute Gasteiger partial charge is 0.261 e. The van der Waals surface area contributed by atoms with Gasteiger partial charge < -0.3 is 0 Å². The summed E-state index contributed by atoms with van der Waals surface area (Å²) in [5, 5.41) is 4.92. The molecule has 0 aromatic carbocycles. The first-order valence-electron chi connectivity index (χ1n) is 4.14. The zero-order valence-electron chi connectivity index (χ0n) is 7.92. The maximum atomic E-state index is 10.8. The van der Waals surface area contributed by atoms with Crippen molar-refractivity contribution in [1.82, 2.24) is 9.29 Å².